The molecule has 158 valence electrons. The van der Waals surface area contributed by atoms with Gasteiger partial charge in [0, 0.05) is 30.1 Å². The van der Waals surface area contributed by atoms with Gasteiger partial charge in [-0.15, -0.1) is 11.3 Å². The van der Waals surface area contributed by atoms with E-state index < -0.39 is 0 Å². The zero-order chi connectivity index (χ0) is 21.3. The summed E-state index contributed by atoms with van der Waals surface area (Å²) in [6.07, 6.45) is 2.23. The van der Waals surface area contributed by atoms with E-state index in [1.54, 1.807) is 0 Å². The Bertz CT molecular complexity index is 1020. The monoisotopic (exact) mass is 421 g/mol. The lowest BCUT2D eigenvalue weighted by molar-refractivity contribution is -0.133. The van der Waals surface area contributed by atoms with E-state index in [1.807, 2.05) is 17.4 Å². The first-order valence-corrected chi connectivity index (χ1v) is 11.8. The number of carbonyl (C=O) groups is 1. The van der Waals surface area contributed by atoms with Crippen molar-refractivity contribution >= 4 is 17.2 Å². The molecule has 3 heterocycles. The minimum Gasteiger partial charge on any atom is -0.331 e. The molecule has 1 unspecified atom stereocenters. The number of amides is 1. The van der Waals surface area contributed by atoms with E-state index in [4.69, 9.17) is 5.10 Å². The summed E-state index contributed by atoms with van der Waals surface area (Å²) in [5.74, 6) is 0.786. The Morgan fingerprint density at radius 3 is 2.70 bits per heavy atom. The van der Waals surface area contributed by atoms with E-state index in [9.17, 15) is 4.79 Å². The molecule has 0 spiro atoms. The van der Waals surface area contributed by atoms with Gasteiger partial charge in [0.15, 0.2) is 0 Å². The van der Waals surface area contributed by atoms with E-state index in [0.717, 1.165) is 31.6 Å². The van der Waals surface area contributed by atoms with Crippen molar-refractivity contribution in [3.05, 3.63) is 74.7 Å². The highest BCUT2D eigenvalue weighted by molar-refractivity contribution is 7.10. The van der Waals surface area contributed by atoms with Gasteiger partial charge < -0.3 is 4.90 Å². The second-order valence-corrected chi connectivity index (χ2v) is 9.68. The van der Waals surface area contributed by atoms with Crippen LogP contribution in [-0.2, 0) is 24.2 Å². The molecule has 1 atom stereocenters. The number of thiophene rings is 1. The lowest BCUT2D eigenvalue weighted by Crippen LogP contribution is -2.40. The first-order valence-electron chi connectivity index (χ1n) is 10.9. The summed E-state index contributed by atoms with van der Waals surface area (Å²) in [4.78, 5) is 16.9. The Kier molecular flexibility index (Phi) is 6.09. The quantitative estimate of drug-likeness (QED) is 0.540. The molecule has 3 aromatic rings. The normalized spacial score (nSPS) is 16.2. The van der Waals surface area contributed by atoms with Crippen LogP contribution in [-0.4, -0.2) is 27.1 Å². The summed E-state index contributed by atoms with van der Waals surface area (Å²) in [6, 6.07) is 12.7. The highest BCUT2D eigenvalue weighted by atomic mass is 32.1. The molecule has 1 aromatic carbocycles. The molecule has 2 aromatic heterocycles. The van der Waals surface area contributed by atoms with Gasteiger partial charge >= 0.3 is 0 Å². The molecular weight excluding hydrogens is 390 g/mol. The maximum atomic E-state index is 13.4. The van der Waals surface area contributed by atoms with Crippen molar-refractivity contribution in [2.45, 2.75) is 59.5 Å². The van der Waals surface area contributed by atoms with Crippen LogP contribution in [0.1, 0.15) is 59.3 Å². The highest BCUT2D eigenvalue weighted by Crippen LogP contribution is 2.38. The van der Waals surface area contributed by atoms with Crippen molar-refractivity contribution < 1.29 is 4.79 Å². The molecule has 1 amide bonds. The van der Waals surface area contributed by atoms with Crippen LogP contribution >= 0.6 is 11.3 Å². The summed E-state index contributed by atoms with van der Waals surface area (Å²) >= 11 is 1.81. The Labute approximate surface area is 183 Å². The van der Waals surface area contributed by atoms with Crippen molar-refractivity contribution in [2.24, 2.45) is 5.92 Å². The van der Waals surface area contributed by atoms with Gasteiger partial charge in [0.1, 0.15) is 0 Å². The highest BCUT2D eigenvalue weighted by Gasteiger charge is 2.32. The van der Waals surface area contributed by atoms with Gasteiger partial charge in [0.25, 0.3) is 0 Å². The van der Waals surface area contributed by atoms with Gasteiger partial charge in [-0.2, -0.15) is 5.10 Å². The fourth-order valence-corrected chi connectivity index (χ4v) is 5.48. The molecule has 0 saturated carbocycles. The molecular formula is C25H31N3OS. The maximum Gasteiger partial charge on any atom is 0.223 e. The molecule has 1 aliphatic heterocycles. The topological polar surface area (TPSA) is 38.1 Å². The van der Waals surface area contributed by atoms with Crippen molar-refractivity contribution in [3.8, 4) is 0 Å². The van der Waals surface area contributed by atoms with Crippen LogP contribution in [0.25, 0.3) is 0 Å². The summed E-state index contributed by atoms with van der Waals surface area (Å²) in [5, 5.41) is 6.88. The molecule has 4 nitrogen and oxygen atoms in total. The molecule has 5 heteroatoms. The van der Waals surface area contributed by atoms with Gasteiger partial charge in [-0.05, 0) is 60.7 Å². The number of nitrogens with zero attached hydrogens (tertiary/aromatic N) is 3. The van der Waals surface area contributed by atoms with Crippen LogP contribution in [0.15, 0.2) is 41.8 Å². The Morgan fingerprint density at radius 2 is 1.97 bits per heavy atom. The Hall–Kier alpha value is -2.40. The number of aryl methyl sites for hydroxylation is 1. The van der Waals surface area contributed by atoms with Crippen molar-refractivity contribution in [1.82, 2.24) is 14.7 Å². The molecule has 0 N–H and O–H groups in total. The number of carbonyl (C=O) groups excluding carboxylic acids is 1. The van der Waals surface area contributed by atoms with Crippen LogP contribution in [0.2, 0.25) is 0 Å². The standard InChI is InChI=1S/C25H31N3OS/c1-17(2)16-28-19(4)21(18(3)26-28)10-11-24(29)27-14-12-23-22(13-15-30-23)25(27)20-8-6-5-7-9-20/h5-9,13,15,17,25H,10-12,14,16H2,1-4H3. The van der Waals surface area contributed by atoms with Crippen LogP contribution in [0.4, 0.5) is 0 Å². The average molecular weight is 422 g/mol. The molecule has 0 fully saturated rings. The number of hydrogen-bond acceptors (Lipinski definition) is 3. The van der Waals surface area contributed by atoms with Crippen molar-refractivity contribution in [2.75, 3.05) is 6.54 Å². The van der Waals surface area contributed by atoms with Gasteiger partial charge in [-0.3, -0.25) is 9.48 Å². The molecule has 1 aliphatic rings. The molecule has 30 heavy (non-hydrogen) atoms. The SMILES string of the molecule is Cc1nn(CC(C)C)c(C)c1CCC(=O)N1CCc2sccc2C1c1ccccc1. The number of aromatic nitrogens is 2. The summed E-state index contributed by atoms with van der Waals surface area (Å²) in [6.45, 7) is 10.3. The van der Waals surface area contributed by atoms with Crippen molar-refractivity contribution in [1.29, 1.82) is 0 Å². The van der Waals surface area contributed by atoms with Crippen molar-refractivity contribution in [3.63, 3.8) is 0 Å². The van der Waals surface area contributed by atoms with E-state index in [1.165, 1.54) is 27.3 Å². The van der Waals surface area contributed by atoms with Gasteiger partial charge in [-0.25, -0.2) is 0 Å². The predicted molar refractivity (Wildman–Crippen MR) is 123 cm³/mol. The number of hydrogen-bond donors (Lipinski definition) is 0. The van der Waals surface area contributed by atoms with Crippen LogP contribution in [0, 0.1) is 19.8 Å². The molecule has 0 bridgehead atoms. The third-order valence-electron chi connectivity index (χ3n) is 6.06. The Balaban J connectivity index is 1.54. The fraction of sp³-hybridized carbons (Fsp3) is 0.440. The van der Waals surface area contributed by atoms with E-state index in [2.05, 4.69) is 73.0 Å². The average Bonchev–Trinajstić information content (AvgIpc) is 3.30. The van der Waals surface area contributed by atoms with E-state index in [-0.39, 0.29) is 11.9 Å². The number of rotatable bonds is 6. The van der Waals surface area contributed by atoms with E-state index >= 15 is 0 Å². The zero-order valence-electron chi connectivity index (χ0n) is 18.4. The minimum absolute atomic E-state index is 0.0274. The smallest absolute Gasteiger partial charge is 0.223 e. The molecule has 4 rings (SSSR count). The second kappa shape index (κ2) is 8.76. The molecule has 0 aliphatic carbocycles. The van der Waals surface area contributed by atoms with Crippen LogP contribution in [0.3, 0.4) is 0 Å². The van der Waals surface area contributed by atoms with Gasteiger partial charge in [0.2, 0.25) is 5.91 Å². The van der Waals surface area contributed by atoms with Crippen LogP contribution in [0.5, 0.6) is 0 Å². The summed E-state index contributed by atoms with van der Waals surface area (Å²) in [5.41, 5.74) is 5.98. The van der Waals surface area contributed by atoms with Gasteiger partial charge in [0.05, 0.1) is 11.7 Å². The fourth-order valence-electron chi connectivity index (χ4n) is 4.57. The first kappa shape index (κ1) is 20.9. The zero-order valence-corrected chi connectivity index (χ0v) is 19.2. The first-order chi connectivity index (χ1) is 14.5. The van der Waals surface area contributed by atoms with E-state index in [0.29, 0.717) is 12.3 Å². The third-order valence-corrected chi connectivity index (χ3v) is 7.06. The maximum absolute atomic E-state index is 13.4. The van der Waals surface area contributed by atoms with Gasteiger partial charge in [-0.1, -0.05) is 44.2 Å². The predicted octanol–water partition coefficient (Wildman–Crippen LogP) is 5.32. The number of benzene rings is 1. The molecule has 0 saturated heterocycles. The summed E-state index contributed by atoms with van der Waals surface area (Å²) in [7, 11) is 0. The lowest BCUT2D eigenvalue weighted by atomic mass is 9.92. The Morgan fingerprint density at radius 1 is 1.20 bits per heavy atom. The number of fused-ring (bicyclic) bond motifs is 1. The minimum atomic E-state index is 0.0274. The van der Waals surface area contributed by atoms with Crippen LogP contribution < -0.4 is 0 Å². The third kappa shape index (κ3) is 4.08. The largest absolute Gasteiger partial charge is 0.331 e. The second-order valence-electron chi connectivity index (χ2n) is 8.67. The lowest BCUT2D eigenvalue weighted by Gasteiger charge is -2.36. The molecule has 0 radical (unpaired) electrons. The summed E-state index contributed by atoms with van der Waals surface area (Å²) < 4.78 is 2.10.